The van der Waals surface area contributed by atoms with Gasteiger partial charge in [-0.05, 0) is 33.9 Å². The zero-order chi connectivity index (χ0) is 27.2. The molecule has 0 radical (unpaired) electrons. The Kier molecular flexibility index (Phi) is 9.06. The number of nitrogens with one attached hydrogen (secondary N) is 1. The third-order valence-electron chi connectivity index (χ3n) is 7.65. The molecule has 2 aliphatic rings. The molecule has 0 bridgehead atoms. The summed E-state index contributed by atoms with van der Waals surface area (Å²) in [5.41, 5.74) is 6.19. The zero-order valence-electron chi connectivity index (χ0n) is 22.7. The summed E-state index contributed by atoms with van der Waals surface area (Å²) in [5, 5.41) is 12.3. The summed E-state index contributed by atoms with van der Waals surface area (Å²) in [5.74, 6) is 0.107. The Bertz CT molecular complexity index is 1220. The minimum absolute atomic E-state index is 0.00509. The van der Waals surface area contributed by atoms with Gasteiger partial charge in [0.05, 0.1) is 32.0 Å². The lowest BCUT2D eigenvalue weighted by Gasteiger charge is -2.43. The van der Waals surface area contributed by atoms with Crippen LogP contribution in [-0.2, 0) is 32.2 Å². The fraction of sp³-hybridized carbons (Fsp3) is 0.406. The van der Waals surface area contributed by atoms with E-state index in [9.17, 15) is 9.90 Å². The predicted molar refractivity (Wildman–Crippen MR) is 150 cm³/mol. The largest absolute Gasteiger partial charge is 0.392 e. The van der Waals surface area contributed by atoms with Gasteiger partial charge >= 0.3 is 0 Å². The van der Waals surface area contributed by atoms with E-state index in [4.69, 9.17) is 14.2 Å². The molecular formula is C32H38N2O5. The van der Waals surface area contributed by atoms with Crippen molar-refractivity contribution in [3.05, 3.63) is 95.1 Å². The molecule has 5 rings (SSSR count). The summed E-state index contributed by atoms with van der Waals surface area (Å²) in [7, 11) is 0. The van der Waals surface area contributed by atoms with E-state index in [2.05, 4.69) is 65.7 Å². The molecule has 1 amide bonds. The third-order valence-corrected chi connectivity index (χ3v) is 7.65. The number of aliphatic hydroxyl groups is 1. The first-order valence-corrected chi connectivity index (χ1v) is 13.7. The number of ether oxygens (including phenoxy) is 3. The maximum Gasteiger partial charge on any atom is 0.217 e. The molecule has 7 nitrogen and oxygen atoms in total. The van der Waals surface area contributed by atoms with Gasteiger partial charge in [-0.2, -0.15) is 0 Å². The van der Waals surface area contributed by atoms with Gasteiger partial charge < -0.3 is 24.6 Å². The molecule has 2 N–H and O–H groups in total. The van der Waals surface area contributed by atoms with Gasteiger partial charge in [-0.1, -0.05) is 73.7 Å². The molecule has 39 heavy (non-hydrogen) atoms. The number of amides is 1. The Morgan fingerprint density at radius 2 is 1.64 bits per heavy atom. The number of carbonyl (C=O) groups excluding carboxylic acids is 1. The summed E-state index contributed by atoms with van der Waals surface area (Å²) in [4.78, 5) is 13.7. The number of aliphatic hydroxyl groups excluding tert-OH is 1. The van der Waals surface area contributed by atoms with E-state index in [1.54, 1.807) is 0 Å². The number of morpholine rings is 1. The fourth-order valence-corrected chi connectivity index (χ4v) is 5.29. The lowest BCUT2D eigenvalue weighted by molar-refractivity contribution is -0.277. The van der Waals surface area contributed by atoms with Crippen LogP contribution in [0.2, 0.25) is 0 Å². The third kappa shape index (κ3) is 6.93. The van der Waals surface area contributed by atoms with Crippen LogP contribution < -0.4 is 5.32 Å². The molecule has 3 aromatic rings. The van der Waals surface area contributed by atoms with Crippen LogP contribution in [0.15, 0.2) is 72.8 Å². The Morgan fingerprint density at radius 3 is 2.33 bits per heavy atom. The van der Waals surface area contributed by atoms with Gasteiger partial charge in [0.15, 0.2) is 6.29 Å². The normalized spacial score (nSPS) is 23.9. The van der Waals surface area contributed by atoms with Gasteiger partial charge in [0.1, 0.15) is 0 Å². The minimum Gasteiger partial charge on any atom is -0.392 e. The zero-order valence-corrected chi connectivity index (χ0v) is 22.7. The maximum atomic E-state index is 11.3. The highest BCUT2D eigenvalue weighted by Crippen LogP contribution is 2.42. The standard InChI is InChI=1S/C32H38N2O5/c1-22-30(20-34-14-16-37-17-15-34)38-32(39-31(22)27-8-6-24(21-35)7-9-27)28-12-10-26(11-13-28)29-5-3-4-25(18-29)19-33-23(2)36/h3-13,18,22,30-32,35H,14-17,19-21H2,1-2H3,(H,33,36)/t22-,30+,31+,32+/m0/s1. The van der Waals surface area contributed by atoms with Gasteiger partial charge in [-0.25, -0.2) is 0 Å². The molecule has 2 saturated heterocycles. The van der Waals surface area contributed by atoms with E-state index in [0.29, 0.717) is 6.54 Å². The van der Waals surface area contributed by atoms with E-state index >= 15 is 0 Å². The second-order valence-electron chi connectivity index (χ2n) is 10.5. The van der Waals surface area contributed by atoms with E-state index in [1.807, 2.05) is 24.3 Å². The quantitative estimate of drug-likeness (QED) is 0.443. The van der Waals surface area contributed by atoms with Gasteiger partial charge in [-0.15, -0.1) is 0 Å². The van der Waals surface area contributed by atoms with Gasteiger partial charge in [0.25, 0.3) is 0 Å². The monoisotopic (exact) mass is 530 g/mol. The smallest absolute Gasteiger partial charge is 0.217 e. The van der Waals surface area contributed by atoms with Crippen molar-refractivity contribution >= 4 is 5.91 Å². The van der Waals surface area contributed by atoms with Crippen LogP contribution in [0.5, 0.6) is 0 Å². The summed E-state index contributed by atoms with van der Waals surface area (Å²) in [6.07, 6.45) is -0.628. The van der Waals surface area contributed by atoms with E-state index in [0.717, 1.165) is 66.2 Å². The Labute approximate surface area is 230 Å². The molecule has 4 atom stereocenters. The average Bonchev–Trinajstić information content (AvgIpc) is 2.98. The first kappa shape index (κ1) is 27.5. The highest BCUT2D eigenvalue weighted by atomic mass is 16.7. The molecule has 0 aliphatic carbocycles. The highest BCUT2D eigenvalue weighted by Gasteiger charge is 2.39. The summed E-state index contributed by atoms with van der Waals surface area (Å²) in [6.45, 7) is 8.40. The number of hydrogen-bond donors (Lipinski definition) is 2. The van der Waals surface area contributed by atoms with Crippen molar-refractivity contribution in [2.24, 2.45) is 5.92 Å². The SMILES string of the molecule is CC(=O)NCc1cccc(-c2ccc([C@@H]3O[C@H](CN4CCOCC4)[C@H](C)[C@H](c4ccc(CO)cc4)O3)cc2)c1. The molecule has 2 fully saturated rings. The van der Waals surface area contributed by atoms with Crippen LogP contribution in [0.3, 0.4) is 0 Å². The molecule has 3 aromatic carbocycles. The maximum absolute atomic E-state index is 11.3. The topological polar surface area (TPSA) is 80.3 Å². The number of nitrogens with zero attached hydrogens (tertiary/aromatic N) is 1. The van der Waals surface area contributed by atoms with Crippen molar-refractivity contribution in [1.82, 2.24) is 10.2 Å². The van der Waals surface area contributed by atoms with Crippen molar-refractivity contribution in [3.63, 3.8) is 0 Å². The highest BCUT2D eigenvalue weighted by molar-refractivity contribution is 5.73. The molecule has 0 spiro atoms. The Balaban J connectivity index is 1.36. The van der Waals surface area contributed by atoms with Crippen LogP contribution in [0, 0.1) is 5.92 Å². The molecule has 0 aromatic heterocycles. The molecule has 2 heterocycles. The first-order chi connectivity index (χ1) is 19.0. The van der Waals surface area contributed by atoms with Crippen LogP contribution in [0.4, 0.5) is 0 Å². The van der Waals surface area contributed by atoms with Gasteiger partial charge in [-0.3, -0.25) is 9.69 Å². The average molecular weight is 531 g/mol. The number of rotatable bonds is 8. The summed E-state index contributed by atoms with van der Waals surface area (Å²) in [6, 6.07) is 24.6. The summed E-state index contributed by atoms with van der Waals surface area (Å²) >= 11 is 0. The number of carbonyl (C=O) groups is 1. The molecular weight excluding hydrogens is 492 g/mol. The second-order valence-corrected chi connectivity index (χ2v) is 10.5. The van der Waals surface area contributed by atoms with Crippen LogP contribution in [0.1, 0.15) is 48.5 Å². The van der Waals surface area contributed by atoms with Crippen molar-refractivity contribution in [2.75, 3.05) is 32.8 Å². The van der Waals surface area contributed by atoms with Crippen molar-refractivity contribution < 1.29 is 24.1 Å². The number of benzene rings is 3. The van der Waals surface area contributed by atoms with Gasteiger partial charge in [0.2, 0.25) is 5.91 Å². The van der Waals surface area contributed by atoms with E-state index < -0.39 is 6.29 Å². The van der Waals surface area contributed by atoms with E-state index in [-0.39, 0.29) is 30.6 Å². The van der Waals surface area contributed by atoms with Crippen LogP contribution in [-0.4, -0.2) is 54.9 Å². The minimum atomic E-state index is -0.491. The molecule has 0 saturated carbocycles. The van der Waals surface area contributed by atoms with Crippen LogP contribution in [0.25, 0.3) is 11.1 Å². The van der Waals surface area contributed by atoms with E-state index in [1.165, 1.54) is 6.92 Å². The van der Waals surface area contributed by atoms with Crippen molar-refractivity contribution in [3.8, 4) is 11.1 Å². The molecule has 7 heteroatoms. The van der Waals surface area contributed by atoms with Gasteiger partial charge in [0, 0.05) is 44.6 Å². The lowest BCUT2D eigenvalue weighted by atomic mass is 9.90. The summed E-state index contributed by atoms with van der Waals surface area (Å²) < 4.78 is 18.8. The first-order valence-electron chi connectivity index (χ1n) is 13.7. The Hall–Kier alpha value is -3.07. The van der Waals surface area contributed by atoms with Crippen molar-refractivity contribution in [2.45, 2.75) is 45.5 Å². The Morgan fingerprint density at radius 1 is 0.923 bits per heavy atom. The number of hydrogen-bond acceptors (Lipinski definition) is 6. The fourth-order valence-electron chi connectivity index (χ4n) is 5.29. The molecule has 206 valence electrons. The lowest BCUT2D eigenvalue weighted by Crippen LogP contribution is -2.47. The van der Waals surface area contributed by atoms with Crippen LogP contribution >= 0.6 is 0 Å². The second kappa shape index (κ2) is 12.9. The molecule has 2 aliphatic heterocycles. The predicted octanol–water partition coefficient (Wildman–Crippen LogP) is 4.61. The van der Waals surface area contributed by atoms with Crippen molar-refractivity contribution in [1.29, 1.82) is 0 Å². The molecule has 0 unspecified atom stereocenters.